The fourth-order valence-corrected chi connectivity index (χ4v) is 2.42. The maximum Gasteiger partial charge on any atom is 0.344 e. The molecule has 0 unspecified atom stereocenters. The topological polar surface area (TPSA) is 87.9 Å². The van der Waals surface area contributed by atoms with Crippen LogP contribution < -0.4 is 9.47 Å². The minimum absolute atomic E-state index is 0.285. The van der Waals surface area contributed by atoms with Crippen LogP contribution in [-0.4, -0.2) is 36.7 Å². The van der Waals surface area contributed by atoms with Gasteiger partial charge in [-0.3, -0.25) is 4.79 Å². The first-order valence-electron chi connectivity index (χ1n) is 7.65. The number of aromatic nitrogens is 1. The van der Waals surface area contributed by atoms with Crippen molar-refractivity contribution in [3.8, 4) is 11.5 Å². The van der Waals surface area contributed by atoms with Crippen molar-refractivity contribution < 1.29 is 28.3 Å². The molecule has 24 heavy (non-hydrogen) atoms. The number of ether oxygens (including phenoxy) is 3. The van der Waals surface area contributed by atoms with Crippen molar-refractivity contribution in [1.29, 1.82) is 0 Å². The summed E-state index contributed by atoms with van der Waals surface area (Å²) in [5.74, 6) is 0.552. The van der Waals surface area contributed by atoms with E-state index in [0.717, 1.165) is 0 Å². The van der Waals surface area contributed by atoms with Gasteiger partial charge in [0.15, 0.2) is 23.9 Å². The van der Waals surface area contributed by atoms with Crippen LogP contribution in [0.2, 0.25) is 0 Å². The van der Waals surface area contributed by atoms with Crippen molar-refractivity contribution in [2.24, 2.45) is 0 Å². The van der Waals surface area contributed by atoms with E-state index in [1.54, 1.807) is 25.1 Å². The average Bonchev–Trinajstić information content (AvgIpc) is 2.99. The number of rotatable bonds is 5. The first kappa shape index (κ1) is 16.0. The molecule has 1 aliphatic rings. The first-order valence-corrected chi connectivity index (χ1v) is 7.65. The number of hydrogen-bond donors (Lipinski definition) is 0. The Balaban J connectivity index is 1.67. The van der Waals surface area contributed by atoms with E-state index in [1.165, 1.54) is 0 Å². The van der Waals surface area contributed by atoms with E-state index in [-0.39, 0.29) is 18.0 Å². The summed E-state index contributed by atoms with van der Waals surface area (Å²) in [5, 5.41) is 3.80. The minimum atomic E-state index is -0.614. The van der Waals surface area contributed by atoms with Crippen LogP contribution in [-0.2, 0) is 11.2 Å². The maximum absolute atomic E-state index is 12.2. The normalized spacial score (nSPS) is 12.8. The number of benzene rings is 1. The summed E-state index contributed by atoms with van der Waals surface area (Å²) < 4.78 is 20.9. The van der Waals surface area contributed by atoms with Crippen LogP contribution in [0.1, 0.15) is 39.1 Å². The molecule has 0 saturated carbocycles. The highest BCUT2D eigenvalue weighted by Gasteiger charge is 2.22. The van der Waals surface area contributed by atoms with E-state index in [2.05, 4.69) is 5.16 Å². The lowest BCUT2D eigenvalue weighted by Gasteiger charge is -2.18. The Kier molecular flexibility index (Phi) is 4.50. The van der Waals surface area contributed by atoms with Crippen LogP contribution in [0.4, 0.5) is 0 Å². The number of carbonyl (C=O) groups excluding carboxylic acids is 2. The summed E-state index contributed by atoms with van der Waals surface area (Å²) in [7, 11) is 0. The smallest absolute Gasteiger partial charge is 0.344 e. The van der Waals surface area contributed by atoms with Crippen molar-refractivity contribution in [3.63, 3.8) is 0 Å². The highest BCUT2D eigenvalue weighted by Crippen LogP contribution is 2.30. The predicted octanol–water partition coefficient (Wildman–Crippen LogP) is 2.36. The van der Waals surface area contributed by atoms with Gasteiger partial charge in [0.2, 0.25) is 0 Å². The zero-order chi connectivity index (χ0) is 17.1. The molecule has 1 aliphatic heterocycles. The van der Waals surface area contributed by atoms with E-state index in [9.17, 15) is 9.59 Å². The molecule has 7 nitrogen and oxygen atoms in total. The Morgan fingerprint density at radius 3 is 2.71 bits per heavy atom. The molecular weight excluding hydrogens is 314 g/mol. The third-order valence-corrected chi connectivity index (χ3v) is 3.67. The maximum atomic E-state index is 12.2. The minimum Gasteiger partial charge on any atom is -0.486 e. The zero-order valence-corrected chi connectivity index (χ0v) is 13.5. The summed E-state index contributed by atoms with van der Waals surface area (Å²) in [4.78, 5) is 24.4. The number of aryl methyl sites for hydroxylation is 2. The predicted molar refractivity (Wildman–Crippen MR) is 82.7 cm³/mol. The summed E-state index contributed by atoms with van der Waals surface area (Å²) >= 11 is 0. The van der Waals surface area contributed by atoms with Crippen LogP contribution in [0.3, 0.4) is 0 Å². The van der Waals surface area contributed by atoms with E-state index >= 15 is 0 Å². The number of hydrogen-bond acceptors (Lipinski definition) is 7. The Labute approximate surface area is 138 Å². The van der Waals surface area contributed by atoms with Gasteiger partial charge in [-0.1, -0.05) is 12.1 Å². The fourth-order valence-electron chi connectivity index (χ4n) is 2.42. The Hall–Kier alpha value is -2.83. The van der Waals surface area contributed by atoms with Gasteiger partial charge in [-0.05, 0) is 31.5 Å². The number of esters is 1. The van der Waals surface area contributed by atoms with Gasteiger partial charge in [0, 0.05) is 5.56 Å². The number of Topliss-reactive ketones (excluding diaryl/α,β-unsaturated/α-hetero) is 1. The average molecular weight is 331 g/mol. The summed E-state index contributed by atoms with van der Waals surface area (Å²) in [6.45, 7) is 4.04. The summed E-state index contributed by atoms with van der Waals surface area (Å²) in [6.07, 6.45) is 0.540. The van der Waals surface area contributed by atoms with Crippen molar-refractivity contribution in [3.05, 3.63) is 40.8 Å². The van der Waals surface area contributed by atoms with Crippen LogP contribution in [0.25, 0.3) is 0 Å². The zero-order valence-electron chi connectivity index (χ0n) is 13.5. The van der Waals surface area contributed by atoms with Crippen molar-refractivity contribution in [2.45, 2.75) is 20.3 Å². The summed E-state index contributed by atoms with van der Waals surface area (Å²) in [5.41, 5.74) is 1.20. The lowest BCUT2D eigenvalue weighted by Crippen LogP contribution is -2.18. The molecule has 0 bridgehead atoms. The van der Waals surface area contributed by atoms with Gasteiger partial charge >= 0.3 is 5.97 Å². The Morgan fingerprint density at radius 1 is 1.21 bits per heavy atom. The lowest BCUT2D eigenvalue weighted by molar-refractivity contribution is 0.0472. The molecule has 2 heterocycles. The second-order valence-electron chi connectivity index (χ2n) is 5.27. The molecule has 0 saturated heterocycles. The molecule has 0 spiro atoms. The van der Waals surface area contributed by atoms with Gasteiger partial charge in [0.1, 0.15) is 24.5 Å². The highest BCUT2D eigenvalue weighted by molar-refractivity contribution is 6.00. The van der Waals surface area contributed by atoms with Crippen molar-refractivity contribution >= 4 is 11.8 Å². The molecule has 126 valence electrons. The highest BCUT2D eigenvalue weighted by atomic mass is 16.6. The molecule has 0 fully saturated rings. The Bertz CT molecular complexity index is 779. The molecule has 7 heteroatoms. The second kappa shape index (κ2) is 6.74. The molecule has 1 aromatic carbocycles. The third kappa shape index (κ3) is 3.10. The molecule has 1 aromatic heterocycles. The number of nitrogens with zero attached hydrogens (tertiary/aromatic N) is 1. The summed E-state index contributed by atoms with van der Waals surface area (Å²) in [6, 6.07) is 4.88. The van der Waals surface area contributed by atoms with Gasteiger partial charge in [-0.2, -0.15) is 0 Å². The Morgan fingerprint density at radius 2 is 1.96 bits per heavy atom. The SMILES string of the molecule is CCc1noc(C)c1C(=O)OCC(=O)c1ccc2c(c1)OCCO2. The first-order chi connectivity index (χ1) is 11.6. The molecule has 2 aromatic rings. The van der Waals surface area contributed by atoms with Crippen LogP contribution in [0, 0.1) is 6.92 Å². The van der Waals surface area contributed by atoms with Gasteiger partial charge in [0.25, 0.3) is 0 Å². The second-order valence-corrected chi connectivity index (χ2v) is 5.27. The third-order valence-electron chi connectivity index (χ3n) is 3.67. The van der Waals surface area contributed by atoms with E-state index in [4.69, 9.17) is 18.7 Å². The molecule has 0 amide bonds. The molecule has 0 N–H and O–H groups in total. The molecule has 3 rings (SSSR count). The molecule has 0 atom stereocenters. The van der Waals surface area contributed by atoms with Gasteiger partial charge in [-0.25, -0.2) is 4.79 Å². The monoisotopic (exact) mass is 331 g/mol. The van der Waals surface area contributed by atoms with Gasteiger partial charge in [0.05, 0.1) is 5.69 Å². The van der Waals surface area contributed by atoms with Gasteiger partial charge in [-0.15, -0.1) is 0 Å². The van der Waals surface area contributed by atoms with E-state index in [1.807, 2.05) is 6.92 Å². The number of fused-ring (bicyclic) bond motifs is 1. The largest absolute Gasteiger partial charge is 0.486 e. The van der Waals surface area contributed by atoms with E-state index in [0.29, 0.717) is 48.2 Å². The van der Waals surface area contributed by atoms with Crippen molar-refractivity contribution in [1.82, 2.24) is 5.16 Å². The van der Waals surface area contributed by atoms with E-state index < -0.39 is 5.97 Å². The van der Waals surface area contributed by atoms with Crippen LogP contribution >= 0.6 is 0 Å². The lowest BCUT2D eigenvalue weighted by atomic mass is 10.1. The molecule has 0 aliphatic carbocycles. The van der Waals surface area contributed by atoms with Crippen LogP contribution in [0.5, 0.6) is 11.5 Å². The number of ketones is 1. The van der Waals surface area contributed by atoms with Crippen LogP contribution in [0.15, 0.2) is 22.7 Å². The number of carbonyl (C=O) groups is 2. The quantitative estimate of drug-likeness (QED) is 0.614. The van der Waals surface area contributed by atoms with Crippen molar-refractivity contribution in [2.75, 3.05) is 19.8 Å². The fraction of sp³-hybridized carbons (Fsp3) is 0.353. The van der Waals surface area contributed by atoms with Gasteiger partial charge < -0.3 is 18.7 Å². The standard InChI is InChI=1S/C17H17NO6/c1-3-12-16(10(2)24-18-12)17(20)23-9-13(19)11-4-5-14-15(8-11)22-7-6-21-14/h4-5,8H,3,6-7,9H2,1-2H3. The molecular formula is C17H17NO6. The molecule has 0 radical (unpaired) electrons.